The van der Waals surface area contributed by atoms with Gasteiger partial charge >= 0.3 is 0 Å². The molecule has 2 heteroatoms. The van der Waals surface area contributed by atoms with E-state index in [9.17, 15) is 5.21 Å². The van der Waals surface area contributed by atoms with Crippen LogP contribution in [0.3, 0.4) is 0 Å². The zero-order chi connectivity index (χ0) is 17.9. The second-order valence-electron chi connectivity index (χ2n) is 8.05. The third-order valence-electron chi connectivity index (χ3n) is 5.22. The van der Waals surface area contributed by atoms with Crippen molar-refractivity contribution in [2.75, 3.05) is 20.1 Å². The summed E-state index contributed by atoms with van der Waals surface area (Å²) in [5.41, 5.74) is 0. The lowest BCUT2D eigenvalue weighted by atomic mass is 10.1. The summed E-state index contributed by atoms with van der Waals surface area (Å²) in [6, 6.07) is 0. The van der Waals surface area contributed by atoms with E-state index in [-0.39, 0.29) is 4.65 Å². The largest absolute Gasteiger partial charge is 0.633 e. The first kappa shape index (κ1) is 23.9. The summed E-state index contributed by atoms with van der Waals surface area (Å²) in [5.74, 6) is 0. The highest BCUT2D eigenvalue weighted by atomic mass is 16.5. The number of rotatable bonds is 19. The van der Waals surface area contributed by atoms with E-state index in [2.05, 4.69) is 13.8 Å². The van der Waals surface area contributed by atoms with Crippen LogP contribution in [-0.4, -0.2) is 24.8 Å². The molecular weight excluding hydrogens is 294 g/mol. The first-order valence-corrected chi connectivity index (χ1v) is 11.2. The maximum Gasteiger partial charge on any atom is 0.0781 e. The van der Waals surface area contributed by atoms with Gasteiger partial charge in [0.15, 0.2) is 0 Å². The van der Waals surface area contributed by atoms with E-state index in [1.165, 1.54) is 96.3 Å². The zero-order valence-corrected chi connectivity index (χ0v) is 17.3. The van der Waals surface area contributed by atoms with Gasteiger partial charge in [0.05, 0.1) is 20.1 Å². The Morgan fingerprint density at radius 3 is 1.00 bits per heavy atom. The molecule has 0 saturated heterocycles. The van der Waals surface area contributed by atoms with Crippen molar-refractivity contribution in [1.29, 1.82) is 0 Å². The highest BCUT2D eigenvalue weighted by molar-refractivity contribution is 4.50. The van der Waals surface area contributed by atoms with Gasteiger partial charge in [0.2, 0.25) is 0 Å². The van der Waals surface area contributed by atoms with Crippen LogP contribution in [0.25, 0.3) is 0 Å². The predicted molar refractivity (Wildman–Crippen MR) is 109 cm³/mol. The number of hydrogen-bond acceptors (Lipinski definition) is 1. The normalized spacial score (nSPS) is 14.0. The molecule has 0 aliphatic heterocycles. The van der Waals surface area contributed by atoms with Crippen LogP contribution >= 0.6 is 0 Å². The minimum Gasteiger partial charge on any atom is -0.633 e. The molecule has 0 heterocycles. The molecule has 0 aromatic rings. The first-order chi connectivity index (χ1) is 11.6. The monoisotopic (exact) mass is 341 g/mol. The molecule has 0 spiro atoms. The molecule has 24 heavy (non-hydrogen) atoms. The smallest absolute Gasteiger partial charge is 0.0781 e. The summed E-state index contributed by atoms with van der Waals surface area (Å²) >= 11 is 0. The third kappa shape index (κ3) is 18.3. The molecule has 0 fully saturated rings. The van der Waals surface area contributed by atoms with Crippen molar-refractivity contribution >= 4 is 0 Å². The first-order valence-electron chi connectivity index (χ1n) is 11.2. The lowest BCUT2D eigenvalue weighted by Crippen LogP contribution is -2.39. The quantitative estimate of drug-likeness (QED) is 0.135. The van der Waals surface area contributed by atoms with Gasteiger partial charge in [-0.2, -0.15) is 0 Å². The van der Waals surface area contributed by atoms with E-state index < -0.39 is 0 Å². The second-order valence-corrected chi connectivity index (χ2v) is 8.05. The van der Waals surface area contributed by atoms with E-state index in [0.717, 1.165) is 25.9 Å². The van der Waals surface area contributed by atoms with Crippen molar-refractivity contribution in [1.82, 2.24) is 0 Å². The molecule has 0 aromatic heterocycles. The van der Waals surface area contributed by atoms with Crippen LogP contribution in [0.2, 0.25) is 0 Å². The van der Waals surface area contributed by atoms with Crippen molar-refractivity contribution < 1.29 is 4.65 Å². The molecule has 0 aliphatic carbocycles. The van der Waals surface area contributed by atoms with Crippen LogP contribution in [0.5, 0.6) is 0 Å². The van der Waals surface area contributed by atoms with E-state index >= 15 is 0 Å². The number of nitrogens with zero attached hydrogens (tertiary/aromatic N) is 1. The van der Waals surface area contributed by atoms with E-state index in [0.29, 0.717) is 0 Å². The molecule has 1 unspecified atom stereocenters. The lowest BCUT2D eigenvalue weighted by molar-refractivity contribution is -0.861. The summed E-state index contributed by atoms with van der Waals surface area (Å²) in [4.78, 5) is 0. The Morgan fingerprint density at radius 2 is 0.708 bits per heavy atom. The number of unbranched alkanes of at least 4 members (excludes halogenated alkanes) is 15. The Bertz CT molecular complexity index is 240. The van der Waals surface area contributed by atoms with Crippen molar-refractivity contribution in [2.45, 2.75) is 123 Å². The third-order valence-corrected chi connectivity index (χ3v) is 5.22. The van der Waals surface area contributed by atoms with Crippen molar-refractivity contribution in [3.8, 4) is 0 Å². The standard InChI is InChI=1S/C22H47NO/c1-4-6-8-10-12-14-16-18-20-22-23(3,24)21-19-17-15-13-11-9-7-5-2/h4-22H2,1-3H3. The fourth-order valence-electron chi connectivity index (χ4n) is 3.45. The zero-order valence-electron chi connectivity index (χ0n) is 17.3. The molecule has 2 nitrogen and oxygen atoms in total. The van der Waals surface area contributed by atoms with Gasteiger partial charge in [-0.1, -0.05) is 97.3 Å². The average Bonchev–Trinajstić information content (AvgIpc) is 2.55. The summed E-state index contributed by atoms with van der Waals surface area (Å²) < 4.78 is -0.00760. The summed E-state index contributed by atoms with van der Waals surface area (Å²) in [5, 5.41) is 12.4. The molecule has 0 rings (SSSR count). The molecule has 0 radical (unpaired) electrons. The van der Waals surface area contributed by atoms with Crippen molar-refractivity contribution in [2.24, 2.45) is 0 Å². The van der Waals surface area contributed by atoms with Gasteiger partial charge in [-0.25, -0.2) is 0 Å². The van der Waals surface area contributed by atoms with Crippen LogP contribution in [-0.2, 0) is 0 Å². The van der Waals surface area contributed by atoms with E-state index in [1.807, 2.05) is 7.05 Å². The minimum atomic E-state index is -0.00760. The SMILES string of the molecule is CCCCCCCCCCC[N+](C)([O-])CCCCCCCCCC. The van der Waals surface area contributed by atoms with Gasteiger partial charge in [-0.05, 0) is 25.7 Å². The minimum absolute atomic E-state index is 0.00760. The molecule has 0 saturated carbocycles. The fourth-order valence-corrected chi connectivity index (χ4v) is 3.45. The number of quaternary nitrogens is 1. The molecular formula is C22H47NO. The molecule has 0 bridgehead atoms. The van der Waals surface area contributed by atoms with Gasteiger partial charge in [0.25, 0.3) is 0 Å². The fraction of sp³-hybridized carbons (Fsp3) is 1.00. The van der Waals surface area contributed by atoms with Crippen LogP contribution in [0.1, 0.15) is 123 Å². The summed E-state index contributed by atoms with van der Waals surface area (Å²) in [6.45, 7) is 6.19. The average molecular weight is 342 g/mol. The molecule has 0 aliphatic rings. The highest BCUT2D eigenvalue weighted by Gasteiger charge is 2.09. The molecule has 1 atom stereocenters. The predicted octanol–water partition coefficient (Wildman–Crippen LogP) is 7.60. The summed E-state index contributed by atoms with van der Waals surface area (Å²) in [6.07, 6.45) is 22.5. The van der Waals surface area contributed by atoms with Gasteiger partial charge in [-0.15, -0.1) is 0 Å². The van der Waals surface area contributed by atoms with Crippen molar-refractivity contribution in [3.05, 3.63) is 5.21 Å². The lowest BCUT2D eigenvalue weighted by Gasteiger charge is -2.39. The Morgan fingerprint density at radius 1 is 0.458 bits per heavy atom. The topological polar surface area (TPSA) is 23.1 Å². The molecule has 0 amide bonds. The maximum atomic E-state index is 12.4. The van der Waals surface area contributed by atoms with E-state index in [4.69, 9.17) is 0 Å². The Labute approximate surface area is 153 Å². The second kappa shape index (κ2) is 17.7. The van der Waals surface area contributed by atoms with Crippen LogP contribution in [0, 0.1) is 5.21 Å². The molecule has 146 valence electrons. The van der Waals surface area contributed by atoms with Crippen LogP contribution in [0.4, 0.5) is 0 Å². The van der Waals surface area contributed by atoms with Gasteiger partial charge in [0, 0.05) is 0 Å². The Hall–Kier alpha value is -0.0800. The van der Waals surface area contributed by atoms with Crippen LogP contribution < -0.4 is 0 Å². The molecule has 0 aromatic carbocycles. The highest BCUT2D eigenvalue weighted by Crippen LogP contribution is 2.13. The summed E-state index contributed by atoms with van der Waals surface area (Å²) in [7, 11) is 1.88. The maximum absolute atomic E-state index is 12.4. The van der Waals surface area contributed by atoms with E-state index in [1.54, 1.807) is 0 Å². The Kier molecular flexibility index (Phi) is 17.7. The molecule has 0 N–H and O–H groups in total. The van der Waals surface area contributed by atoms with Gasteiger partial charge in [-0.3, -0.25) is 0 Å². The number of hydrogen-bond donors (Lipinski definition) is 0. The Balaban J connectivity index is 3.32. The van der Waals surface area contributed by atoms with Crippen LogP contribution in [0.15, 0.2) is 0 Å². The van der Waals surface area contributed by atoms with Gasteiger partial charge in [0.1, 0.15) is 0 Å². The number of hydroxylamine groups is 3. The van der Waals surface area contributed by atoms with Gasteiger partial charge < -0.3 is 9.85 Å². The van der Waals surface area contributed by atoms with Crippen molar-refractivity contribution in [3.63, 3.8) is 0 Å².